The zero-order valence-electron chi connectivity index (χ0n) is 13.3. The Labute approximate surface area is 123 Å². The Hall–Kier alpha value is -0.800. The summed E-state index contributed by atoms with van der Waals surface area (Å²) in [5.41, 5.74) is 0.263. The van der Waals surface area contributed by atoms with Crippen LogP contribution in [0.3, 0.4) is 0 Å². The van der Waals surface area contributed by atoms with Crippen LogP contribution in [0.2, 0.25) is 0 Å². The van der Waals surface area contributed by atoms with Crippen molar-refractivity contribution in [3.8, 4) is 0 Å². The van der Waals surface area contributed by atoms with Gasteiger partial charge in [-0.15, -0.1) is 0 Å². The molecule has 0 spiro atoms. The molecule has 0 bridgehead atoms. The van der Waals surface area contributed by atoms with Gasteiger partial charge in [-0.3, -0.25) is 0 Å². The van der Waals surface area contributed by atoms with Crippen LogP contribution in [0.1, 0.15) is 51.2 Å². The monoisotopic (exact) mass is 278 g/mol. The predicted molar refractivity (Wildman–Crippen MR) is 84.0 cm³/mol. The highest BCUT2D eigenvalue weighted by Crippen LogP contribution is 2.35. The first-order valence-electron chi connectivity index (χ1n) is 8.12. The molecule has 1 N–H and O–H groups in total. The highest BCUT2D eigenvalue weighted by Gasteiger charge is 2.40. The Bertz CT molecular complexity index is 364. The second-order valence-electron chi connectivity index (χ2n) is 6.31. The molecule has 0 aliphatic heterocycles. The van der Waals surface area contributed by atoms with E-state index < -0.39 is 0 Å². The third-order valence-electron chi connectivity index (χ3n) is 4.94. The maximum atomic E-state index is 5.60. The molecule has 1 fully saturated rings. The summed E-state index contributed by atoms with van der Waals surface area (Å²) in [7, 11) is 4.50. The zero-order chi connectivity index (χ0) is 14.4. The van der Waals surface area contributed by atoms with Crippen molar-refractivity contribution in [2.24, 2.45) is 0 Å². The number of likely N-dealkylation sites (N-methyl/N-ethyl adjacent to an activating group) is 2. The summed E-state index contributed by atoms with van der Waals surface area (Å²) in [6.07, 6.45) is 10.8. The van der Waals surface area contributed by atoms with Crippen LogP contribution in [0.15, 0.2) is 22.8 Å². The lowest BCUT2D eigenvalue weighted by Gasteiger charge is -2.46. The third-order valence-corrected chi connectivity index (χ3v) is 4.94. The zero-order valence-corrected chi connectivity index (χ0v) is 13.3. The number of rotatable bonds is 6. The molecule has 1 saturated carbocycles. The van der Waals surface area contributed by atoms with Gasteiger partial charge in [0.2, 0.25) is 0 Å². The van der Waals surface area contributed by atoms with Gasteiger partial charge < -0.3 is 14.6 Å². The Morgan fingerprint density at radius 1 is 1.25 bits per heavy atom. The molecule has 1 atom stereocenters. The van der Waals surface area contributed by atoms with Crippen molar-refractivity contribution in [1.29, 1.82) is 0 Å². The van der Waals surface area contributed by atoms with E-state index in [-0.39, 0.29) is 5.54 Å². The van der Waals surface area contributed by atoms with Crippen LogP contribution >= 0.6 is 0 Å². The van der Waals surface area contributed by atoms with E-state index in [9.17, 15) is 0 Å². The summed E-state index contributed by atoms with van der Waals surface area (Å²) >= 11 is 0. The Kier molecular flexibility index (Phi) is 5.67. The Morgan fingerprint density at radius 3 is 2.45 bits per heavy atom. The SMILES string of the molecule is CCNC(Cc1ccco1)C1(N(C)C)CCCCCC1. The third kappa shape index (κ3) is 3.44. The lowest BCUT2D eigenvalue weighted by Crippen LogP contribution is -2.59. The molecule has 1 unspecified atom stereocenters. The van der Waals surface area contributed by atoms with E-state index in [0.717, 1.165) is 18.7 Å². The van der Waals surface area contributed by atoms with Crippen LogP contribution in [-0.2, 0) is 6.42 Å². The van der Waals surface area contributed by atoms with Crippen molar-refractivity contribution in [1.82, 2.24) is 10.2 Å². The number of nitrogens with zero attached hydrogens (tertiary/aromatic N) is 1. The molecule has 0 radical (unpaired) electrons. The summed E-state index contributed by atoms with van der Waals surface area (Å²) in [6.45, 7) is 3.22. The average Bonchev–Trinajstić information content (AvgIpc) is 2.80. The molecule has 3 nitrogen and oxygen atoms in total. The van der Waals surface area contributed by atoms with E-state index >= 15 is 0 Å². The fraction of sp³-hybridized carbons (Fsp3) is 0.765. The minimum Gasteiger partial charge on any atom is -0.469 e. The molecule has 0 amide bonds. The van der Waals surface area contributed by atoms with Crippen LogP contribution in [0.25, 0.3) is 0 Å². The molecule has 1 heterocycles. The van der Waals surface area contributed by atoms with Crippen molar-refractivity contribution >= 4 is 0 Å². The molecule has 1 aliphatic rings. The van der Waals surface area contributed by atoms with Gasteiger partial charge in [-0.1, -0.05) is 32.6 Å². The summed E-state index contributed by atoms with van der Waals surface area (Å²) in [4.78, 5) is 2.47. The Balaban J connectivity index is 2.21. The lowest BCUT2D eigenvalue weighted by atomic mass is 9.79. The molecule has 1 aromatic heterocycles. The standard InChI is InChI=1S/C17H30N2O/c1-4-18-16(14-15-10-9-13-20-15)17(19(2)3)11-7-5-6-8-12-17/h9-10,13,16,18H,4-8,11-12,14H2,1-3H3. The topological polar surface area (TPSA) is 28.4 Å². The minimum absolute atomic E-state index is 0.263. The molecule has 114 valence electrons. The molecule has 1 aliphatic carbocycles. The van der Waals surface area contributed by atoms with E-state index in [1.54, 1.807) is 6.26 Å². The first-order chi connectivity index (χ1) is 9.69. The lowest BCUT2D eigenvalue weighted by molar-refractivity contribution is 0.0785. The molecule has 3 heteroatoms. The molecular formula is C17H30N2O. The highest BCUT2D eigenvalue weighted by atomic mass is 16.3. The smallest absolute Gasteiger partial charge is 0.105 e. The summed E-state index contributed by atoms with van der Waals surface area (Å²) in [6, 6.07) is 4.56. The van der Waals surface area contributed by atoms with Crippen molar-refractivity contribution in [3.05, 3.63) is 24.2 Å². The number of nitrogens with one attached hydrogen (secondary N) is 1. The van der Waals surface area contributed by atoms with Crippen LogP contribution in [0.4, 0.5) is 0 Å². The Morgan fingerprint density at radius 2 is 1.95 bits per heavy atom. The summed E-state index contributed by atoms with van der Waals surface area (Å²) in [5.74, 6) is 1.10. The quantitative estimate of drug-likeness (QED) is 0.808. The number of hydrogen-bond donors (Lipinski definition) is 1. The van der Waals surface area contributed by atoms with Crippen molar-refractivity contribution < 1.29 is 4.42 Å². The molecule has 20 heavy (non-hydrogen) atoms. The van der Waals surface area contributed by atoms with Crippen LogP contribution < -0.4 is 5.32 Å². The van der Waals surface area contributed by atoms with Gasteiger partial charge in [0, 0.05) is 18.0 Å². The van der Waals surface area contributed by atoms with Crippen molar-refractivity contribution in [2.45, 2.75) is 63.5 Å². The van der Waals surface area contributed by atoms with E-state index in [2.05, 4.69) is 37.3 Å². The van der Waals surface area contributed by atoms with E-state index in [1.165, 1.54) is 38.5 Å². The van der Waals surface area contributed by atoms with E-state index in [4.69, 9.17) is 4.42 Å². The highest BCUT2D eigenvalue weighted by molar-refractivity contribution is 5.07. The van der Waals surface area contributed by atoms with Crippen molar-refractivity contribution in [2.75, 3.05) is 20.6 Å². The summed E-state index contributed by atoms with van der Waals surface area (Å²) in [5, 5.41) is 3.74. The largest absolute Gasteiger partial charge is 0.469 e. The first-order valence-corrected chi connectivity index (χ1v) is 8.12. The molecule has 1 aromatic rings. The molecule has 0 aromatic carbocycles. The fourth-order valence-electron chi connectivity index (χ4n) is 3.78. The van der Waals surface area contributed by atoms with E-state index in [0.29, 0.717) is 6.04 Å². The normalized spacial score (nSPS) is 20.8. The van der Waals surface area contributed by atoms with Gasteiger partial charge in [0.1, 0.15) is 5.76 Å². The molecule has 0 saturated heterocycles. The number of furan rings is 1. The van der Waals surface area contributed by atoms with Gasteiger partial charge in [-0.05, 0) is 45.6 Å². The van der Waals surface area contributed by atoms with Gasteiger partial charge in [-0.25, -0.2) is 0 Å². The predicted octanol–water partition coefficient (Wildman–Crippen LogP) is 3.45. The second kappa shape index (κ2) is 7.28. The molecule has 2 rings (SSSR count). The maximum absolute atomic E-state index is 5.60. The summed E-state index contributed by atoms with van der Waals surface area (Å²) < 4.78 is 5.60. The molecular weight excluding hydrogens is 248 g/mol. The van der Waals surface area contributed by atoms with E-state index in [1.807, 2.05) is 6.07 Å². The maximum Gasteiger partial charge on any atom is 0.105 e. The first kappa shape index (κ1) is 15.6. The second-order valence-corrected chi connectivity index (χ2v) is 6.31. The minimum atomic E-state index is 0.263. The van der Waals surface area contributed by atoms with Gasteiger partial charge >= 0.3 is 0 Å². The van der Waals surface area contributed by atoms with Gasteiger partial charge in [-0.2, -0.15) is 0 Å². The van der Waals surface area contributed by atoms with Gasteiger partial charge in [0.15, 0.2) is 0 Å². The van der Waals surface area contributed by atoms with Gasteiger partial charge in [0.05, 0.1) is 6.26 Å². The van der Waals surface area contributed by atoms with Crippen LogP contribution in [0.5, 0.6) is 0 Å². The number of hydrogen-bond acceptors (Lipinski definition) is 3. The van der Waals surface area contributed by atoms with Crippen LogP contribution in [0, 0.1) is 0 Å². The van der Waals surface area contributed by atoms with Gasteiger partial charge in [0.25, 0.3) is 0 Å². The van der Waals surface area contributed by atoms with Crippen molar-refractivity contribution in [3.63, 3.8) is 0 Å². The fourth-order valence-corrected chi connectivity index (χ4v) is 3.78. The van der Waals surface area contributed by atoms with Crippen LogP contribution in [-0.4, -0.2) is 37.1 Å². The average molecular weight is 278 g/mol.